The molecule has 2 saturated heterocycles. The smallest absolute Gasteiger partial charge is 0.244 e. The van der Waals surface area contributed by atoms with E-state index in [2.05, 4.69) is 26.6 Å². The molecule has 5 N–H and O–H groups in total. The van der Waals surface area contributed by atoms with Crippen LogP contribution >= 0.6 is 21.6 Å². The normalized spacial score (nSPS) is 30.7. The molecule has 0 saturated carbocycles. The molecule has 0 aliphatic carbocycles. The molecule has 10 nitrogen and oxygen atoms in total. The van der Waals surface area contributed by atoms with Gasteiger partial charge in [0.15, 0.2) is 0 Å². The molecule has 2 aliphatic rings. The Morgan fingerprint density at radius 3 is 1.41 bits per heavy atom. The monoisotopic (exact) mass is 515 g/mol. The third-order valence-electron chi connectivity index (χ3n) is 6.11. The second-order valence-electron chi connectivity index (χ2n) is 9.52. The van der Waals surface area contributed by atoms with Crippen molar-refractivity contribution in [3.8, 4) is 0 Å². The van der Waals surface area contributed by atoms with Crippen molar-refractivity contribution in [1.82, 2.24) is 26.6 Å². The van der Waals surface area contributed by atoms with Gasteiger partial charge < -0.3 is 26.6 Å². The van der Waals surface area contributed by atoms with Gasteiger partial charge in [0.05, 0.1) is 0 Å². The van der Waals surface area contributed by atoms with E-state index in [4.69, 9.17) is 0 Å². The number of nitrogens with one attached hydrogen (secondary N) is 5. The molecule has 5 amide bonds. The van der Waals surface area contributed by atoms with Crippen molar-refractivity contribution in [2.45, 2.75) is 78.2 Å². The minimum atomic E-state index is -0.900. The predicted octanol–water partition coefficient (Wildman–Crippen LogP) is 0.177. The summed E-state index contributed by atoms with van der Waals surface area (Å²) in [5.74, 6) is -2.50. The molecular formula is C22H37N5O5S2. The van der Waals surface area contributed by atoms with Crippen LogP contribution in [0, 0.1) is 17.8 Å². The van der Waals surface area contributed by atoms with Crippen molar-refractivity contribution in [1.29, 1.82) is 0 Å². The third-order valence-corrected chi connectivity index (χ3v) is 8.53. The maximum absolute atomic E-state index is 13.2. The lowest BCUT2D eigenvalue weighted by Crippen LogP contribution is -2.60. The van der Waals surface area contributed by atoms with Gasteiger partial charge >= 0.3 is 0 Å². The molecule has 34 heavy (non-hydrogen) atoms. The minimum Gasteiger partial charge on any atom is -0.342 e. The van der Waals surface area contributed by atoms with Gasteiger partial charge in [-0.3, -0.25) is 24.0 Å². The summed E-state index contributed by atoms with van der Waals surface area (Å²) in [5, 5.41) is 13.8. The highest BCUT2D eigenvalue weighted by molar-refractivity contribution is 8.76. The highest BCUT2D eigenvalue weighted by Crippen LogP contribution is 2.25. The minimum absolute atomic E-state index is 0.207. The van der Waals surface area contributed by atoms with E-state index in [9.17, 15) is 24.0 Å². The molecule has 2 fully saturated rings. The molecule has 2 bridgehead atoms. The van der Waals surface area contributed by atoms with Crippen LogP contribution in [0.1, 0.15) is 48.0 Å². The van der Waals surface area contributed by atoms with Gasteiger partial charge in [0, 0.05) is 11.5 Å². The maximum atomic E-state index is 13.2. The molecule has 2 aliphatic heterocycles. The lowest BCUT2D eigenvalue weighted by atomic mass is 9.95. The van der Waals surface area contributed by atoms with Crippen LogP contribution in [-0.4, -0.2) is 71.3 Å². The summed E-state index contributed by atoms with van der Waals surface area (Å²) in [6, 6.07) is -4.41. The van der Waals surface area contributed by atoms with E-state index in [0.29, 0.717) is 17.9 Å². The molecule has 2 rings (SSSR count). The SMILES string of the molecule is CCC(C)C1NC(=O)C(C(C)C)NC(=O)C(C(C)C)NC(=O)C2CSSCC(NC1=O)C(=O)N2. The van der Waals surface area contributed by atoms with Crippen molar-refractivity contribution >= 4 is 51.1 Å². The highest BCUT2D eigenvalue weighted by atomic mass is 33.1. The standard InChI is InChI=1S/C22H37N5O5S2/c1-7-12(6)17-22(32)24-13-8-33-34-9-14(23-18(13)28)19(29)25-15(10(2)3)20(30)26-16(11(4)5)21(31)27-17/h10-17H,7-9H2,1-6H3,(H,23,28)(H,24,32)(H,25,29)(H,26,30)(H,27,31). The molecule has 6 atom stereocenters. The van der Waals surface area contributed by atoms with E-state index in [1.807, 2.05) is 13.8 Å². The van der Waals surface area contributed by atoms with Gasteiger partial charge in [-0.1, -0.05) is 69.6 Å². The molecule has 0 aromatic rings. The summed E-state index contributed by atoms with van der Waals surface area (Å²) >= 11 is 0. The second-order valence-corrected chi connectivity index (χ2v) is 12.1. The van der Waals surface area contributed by atoms with Crippen LogP contribution in [0.15, 0.2) is 0 Å². The first kappa shape index (κ1) is 28.3. The van der Waals surface area contributed by atoms with Crippen LogP contribution in [0.3, 0.4) is 0 Å². The Kier molecular flexibility index (Phi) is 10.5. The van der Waals surface area contributed by atoms with Crippen LogP contribution in [0.4, 0.5) is 0 Å². The molecule has 0 spiro atoms. The number of carbonyl (C=O) groups is 5. The Bertz CT molecular complexity index is 794. The van der Waals surface area contributed by atoms with Crippen LogP contribution in [0.5, 0.6) is 0 Å². The van der Waals surface area contributed by atoms with Gasteiger partial charge in [-0.25, -0.2) is 0 Å². The summed E-state index contributed by atoms with van der Waals surface area (Å²) in [4.78, 5) is 65.5. The molecule has 12 heteroatoms. The topological polar surface area (TPSA) is 146 Å². The summed E-state index contributed by atoms with van der Waals surface area (Å²) in [6.07, 6.45) is 0.619. The van der Waals surface area contributed by atoms with Crippen molar-refractivity contribution < 1.29 is 24.0 Å². The van der Waals surface area contributed by atoms with Gasteiger partial charge in [0.1, 0.15) is 30.2 Å². The molecule has 0 aromatic heterocycles. The second kappa shape index (κ2) is 12.7. The predicted molar refractivity (Wildman–Crippen MR) is 134 cm³/mol. The number of fused-ring (bicyclic) bond motifs is 3. The molecular weight excluding hydrogens is 478 g/mol. The van der Waals surface area contributed by atoms with Crippen molar-refractivity contribution in [3.05, 3.63) is 0 Å². The fourth-order valence-electron chi connectivity index (χ4n) is 3.64. The fourth-order valence-corrected chi connectivity index (χ4v) is 5.97. The van der Waals surface area contributed by atoms with E-state index in [-0.39, 0.29) is 17.8 Å². The summed E-state index contributed by atoms with van der Waals surface area (Å²) < 4.78 is 0. The molecule has 2 heterocycles. The van der Waals surface area contributed by atoms with E-state index in [1.54, 1.807) is 27.7 Å². The number of hydrogen-bond acceptors (Lipinski definition) is 7. The quantitative estimate of drug-likeness (QED) is 0.336. The third kappa shape index (κ3) is 7.27. The maximum Gasteiger partial charge on any atom is 0.244 e. The lowest BCUT2D eigenvalue weighted by Gasteiger charge is -2.30. The van der Waals surface area contributed by atoms with E-state index in [1.165, 1.54) is 21.6 Å². The van der Waals surface area contributed by atoms with E-state index < -0.39 is 59.7 Å². The lowest BCUT2D eigenvalue weighted by molar-refractivity contribution is -0.135. The van der Waals surface area contributed by atoms with Crippen molar-refractivity contribution in [2.24, 2.45) is 17.8 Å². The van der Waals surface area contributed by atoms with E-state index in [0.717, 1.165) is 0 Å². The van der Waals surface area contributed by atoms with Crippen LogP contribution in [0.25, 0.3) is 0 Å². The van der Waals surface area contributed by atoms with Gasteiger partial charge in [-0.2, -0.15) is 0 Å². The first-order valence-corrected chi connectivity index (χ1v) is 14.2. The Morgan fingerprint density at radius 2 is 0.971 bits per heavy atom. The number of hydrogen-bond donors (Lipinski definition) is 5. The van der Waals surface area contributed by atoms with Crippen LogP contribution < -0.4 is 26.6 Å². The van der Waals surface area contributed by atoms with Crippen molar-refractivity contribution in [2.75, 3.05) is 11.5 Å². The van der Waals surface area contributed by atoms with Gasteiger partial charge in [-0.15, -0.1) is 0 Å². The Labute approximate surface area is 209 Å². The summed E-state index contributed by atoms with van der Waals surface area (Å²) in [5.41, 5.74) is 0. The average molecular weight is 516 g/mol. The summed E-state index contributed by atoms with van der Waals surface area (Å²) in [6.45, 7) is 10.9. The Balaban J connectivity index is 2.49. The molecule has 0 radical (unpaired) electrons. The first-order valence-electron chi connectivity index (χ1n) is 11.7. The zero-order valence-corrected chi connectivity index (χ0v) is 22.2. The molecule has 6 unspecified atom stereocenters. The van der Waals surface area contributed by atoms with Gasteiger partial charge in [0.25, 0.3) is 0 Å². The zero-order valence-electron chi connectivity index (χ0n) is 20.6. The Hall–Kier alpha value is -1.95. The average Bonchev–Trinajstić information content (AvgIpc) is 2.76. The Morgan fingerprint density at radius 1 is 0.618 bits per heavy atom. The molecule has 192 valence electrons. The number of amides is 5. The van der Waals surface area contributed by atoms with Crippen LogP contribution in [0.2, 0.25) is 0 Å². The number of carbonyl (C=O) groups excluding carboxylic acids is 5. The number of rotatable bonds is 4. The van der Waals surface area contributed by atoms with Gasteiger partial charge in [-0.05, 0) is 17.8 Å². The van der Waals surface area contributed by atoms with Gasteiger partial charge in [0.2, 0.25) is 29.5 Å². The van der Waals surface area contributed by atoms with Crippen LogP contribution in [-0.2, 0) is 24.0 Å². The molecule has 0 aromatic carbocycles. The zero-order chi connectivity index (χ0) is 25.6. The van der Waals surface area contributed by atoms with Crippen molar-refractivity contribution in [3.63, 3.8) is 0 Å². The van der Waals surface area contributed by atoms with E-state index >= 15 is 0 Å². The summed E-state index contributed by atoms with van der Waals surface area (Å²) in [7, 11) is 2.80. The largest absolute Gasteiger partial charge is 0.342 e. The fraction of sp³-hybridized carbons (Fsp3) is 0.773. The highest BCUT2D eigenvalue weighted by Gasteiger charge is 2.37. The first-order chi connectivity index (χ1) is 16.0.